The first-order valence-corrected chi connectivity index (χ1v) is 27.7. The average Bonchev–Trinajstić information content (AvgIpc) is 4.14. The van der Waals surface area contributed by atoms with Gasteiger partial charge >= 0.3 is 11.9 Å². The average molecular weight is 1250 g/mol. The summed E-state index contributed by atoms with van der Waals surface area (Å²) in [5.74, 6) is -16.2. The molecule has 27 N–H and O–H groups in total. The van der Waals surface area contributed by atoms with Crippen molar-refractivity contribution in [2.24, 2.45) is 45.3 Å². The molecule has 0 aliphatic rings. The fraction of sp³-hybridized carbons (Fsp3) is 0.558. The number of imidazole rings is 1. The van der Waals surface area contributed by atoms with Gasteiger partial charge in [0.1, 0.15) is 60.1 Å². The molecule has 1 aromatic heterocycles. The maximum absolute atomic E-state index is 14.5. The Morgan fingerprint density at radius 2 is 1.00 bits per heavy atom. The first kappa shape index (κ1) is 74.6. The second-order valence-corrected chi connectivity index (χ2v) is 20.5. The molecule has 488 valence electrons. The number of guanidine groups is 1. The van der Waals surface area contributed by atoms with E-state index in [1.807, 2.05) is 0 Å². The van der Waals surface area contributed by atoms with Crippen molar-refractivity contribution in [3.8, 4) is 5.75 Å². The molecule has 10 atom stereocenters. The molecule has 88 heavy (non-hydrogen) atoms. The number of aliphatic imine (C=N–C) groups is 1. The molecule has 1 heterocycles. The Bertz CT molecular complexity index is 2730. The van der Waals surface area contributed by atoms with E-state index in [0.717, 1.165) is 0 Å². The van der Waals surface area contributed by atoms with Gasteiger partial charge in [-0.1, -0.05) is 32.4 Å². The number of rotatable bonds is 42. The number of aromatic hydroxyl groups is 1. The molecule has 0 spiro atoms. The lowest BCUT2D eigenvalue weighted by Crippen LogP contribution is -2.61. The van der Waals surface area contributed by atoms with Crippen LogP contribution >= 0.6 is 0 Å². The topological polar surface area (TPSA) is 628 Å². The van der Waals surface area contributed by atoms with E-state index < -0.39 is 201 Å². The number of H-pyrrole nitrogens is 1. The van der Waals surface area contributed by atoms with Crippen LogP contribution in [0.3, 0.4) is 0 Å². The molecule has 0 fully saturated rings. The number of nitrogens with one attached hydrogen (secondary N) is 10. The molecule has 0 aliphatic carbocycles. The molecule has 0 unspecified atom stereocenters. The number of primary amides is 2. The first-order valence-electron chi connectivity index (χ1n) is 27.7. The molecule has 11 amide bonds. The van der Waals surface area contributed by atoms with Crippen LogP contribution in [0.15, 0.2) is 41.8 Å². The highest BCUT2D eigenvalue weighted by Gasteiger charge is 2.37. The van der Waals surface area contributed by atoms with E-state index in [1.54, 1.807) is 0 Å². The van der Waals surface area contributed by atoms with Crippen LogP contribution < -0.4 is 82.3 Å². The van der Waals surface area contributed by atoms with E-state index in [4.69, 9.17) is 34.4 Å². The molecule has 0 bridgehead atoms. The van der Waals surface area contributed by atoms with Crippen LogP contribution in [0.1, 0.15) is 89.3 Å². The highest BCUT2D eigenvalue weighted by Crippen LogP contribution is 2.14. The molecule has 0 aliphatic heterocycles. The van der Waals surface area contributed by atoms with Crippen LogP contribution in [0, 0.1) is 5.92 Å². The third kappa shape index (κ3) is 27.7. The van der Waals surface area contributed by atoms with E-state index in [2.05, 4.69) is 62.8 Å². The number of nitrogens with zero attached hydrogens (tertiary/aromatic N) is 2. The first-order chi connectivity index (χ1) is 41.5. The summed E-state index contributed by atoms with van der Waals surface area (Å²) in [7, 11) is 0. The number of carboxylic acids is 2. The number of aliphatic carboxylic acids is 2. The van der Waals surface area contributed by atoms with Crippen LogP contribution in [0.4, 0.5) is 0 Å². The molecule has 0 radical (unpaired) electrons. The van der Waals surface area contributed by atoms with Crippen LogP contribution in [-0.2, 0) is 75.2 Å². The van der Waals surface area contributed by atoms with Gasteiger partial charge in [-0.05, 0) is 68.7 Å². The Morgan fingerprint density at radius 1 is 0.545 bits per heavy atom. The van der Waals surface area contributed by atoms with Crippen molar-refractivity contribution in [2.75, 3.05) is 26.3 Å². The van der Waals surface area contributed by atoms with Crippen molar-refractivity contribution in [3.05, 3.63) is 48.0 Å². The monoisotopic (exact) mass is 1250 g/mol. The van der Waals surface area contributed by atoms with Crippen LogP contribution in [0.5, 0.6) is 5.75 Å². The Morgan fingerprint density at radius 3 is 1.45 bits per heavy atom. The fourth-order valence-corrected chi connectivity index (χ4v) is 8.16. The van der Waals surface area contributed by atoms with Gasteiger partial charge in [-0.15, -0.1) is 0 Å². The normalized spacial score (nSPS) is 14.4. The number of carbonyl (C=O) groups is 13. The quantitative estimate of drug-likeness (QED) is 0.0167. The summed E-state index contributed by atoms with van der Waals surface area (Å²) in [4.78, 5) is 182. The number of aliphatic hydroxyl groups is 2. The minimum absolute atomic E-state index is 0.0591. The second-order valence-electron chi connectivity index (χ2n) is 20.5. The zero-order chi connectivity index (χ0) is 66.2. The summed E-state index contributed by atoms with van der Waals surface area (Å²) in [6.45, 7) is 0.855. The summed E-state index contributed by atoms with van der Waals surface area (Å²) in [6.07, 6.45) is -0.728. The molecule has 2 aromatic rings. The number of carbonyl (C=O) groups excluding carboxylic acids is 11. The number of aromatic amines is 1. The van der Waals surface area contributed by atoms with E-state index >= 15 is 0 Å². The number of aromatic nitrogens is 2. The van der Waals surface area contributed by atoms with Gasteiger partial charge < -0.3 is 113 Å². The van der Waals surface area contributed by atoms with Gasteiger partial charge in [-0.25, -0.2) is 9.78 Å². The summed E-state index contributed by atoms with van der Waals surface area (Å²) in [5.41, 5.74) is 33.7. The van der Waals surface area contributed by atoms with Gasteiger partial charge in [-0.2, -0.15) is 0 Å². The summed E-state index contributed by atoms with van der Waals surface area (Å²) in [5, 5.41) is 70.5. The number of hydrogen-bond acceptors (Lipinski definition) is 20. The Kier molecular flexibility index (Phi) is 32.6. The van der Waals surface area contributed by atoms with Gasteiger partial charge in [0.15, 0.2) is 5.96 Å². The predicted octanol–water partition coefficient (Wildman–Crippen LogP) is -8.50. The predicted molar refractivity (Wildman–Crippen MR) is 308 cm³/mol. The molecule has 36 nitrogen and oxygen atoms in total. The largest absolute Gasteiger partial charge is 0.508 e. The smallest absolute Gasteiger partial charge is 0.326 e. The van der Waals surface area contributed by atoms with E-state index in [1.165, 1.54) is 50.6 Å². The second kappa shape index (κ2) is 38.5. The van der Waals surface area contributed by atoms with E-state index in [0.29, 0.717) is 19.4 Å². The lowest BCUT2D eigenvalue weighted by atomic mass is 10.0. The zero-order valence-corrected chi connectivity index (χ0v) is 48.5. The highest BCUT2D eigenvalue weighted by atomic mass is 16.4. The van der Waals surface area contributed by atoms with Crippen LogP contribution in [-0.4, -0.2) is 205 Å². The fourth-order valence-electron chi connectivity index (χ4n) is 8.16. The summed E-state index contributed by atoms with van der Waals surface area (Å²) < 4.78 is 0. The number of phenols is 1. The number of unbranched alkanes of at least 4 members (excludes halogenated alkanes) is 1. The minimum atomic E-state index is -1.92. The third-order valence-electron chi connectivity index (χ3n) is 13.0. The van der Waals surface area contributed by atoms with Gasteiger partial charge in [0.05, 0.1) is 32.0 Å². The number of phenolic OH excluding ortho intramolecular Hbond substituents is 1. The van der Waals surface area contributed by atoms with Gasteiger partial charge in [0, 0.05) is 44.1 Å². The zero-order valence-electron chi connectivity index (χ0n) is 48.5. The number of nitrogens with two attached hydrogens (primary N) is 6. The van der Waals surface area contributed by atoms with Crippen LogP contribution in [0.2, 0.25) is 0 Å². The van der Waals surface area contributed by atoms with E-state index in [-0.39, 0.29) is 48.8 Å². The summed E-state index contributed by atoms with van der Waals surface area (Å²) in [6, 6.07) is -11.5. The molecule has 36 heteroatoms. The number of hydrogen-bond donors (Lipinski definition) is 21. The van der Waals surface area contributed by atoms with Crippen molar-refractivity contribution in [1.82, 2.24) is 57.8 Å². The van der Waals surface area contributed by atoms with E-state index in [9.17, 15) is 87.9 Å². The molecule has 2 rings (SSSR count). The van der Waals surface area contributed by atoms with Gasteiger partial charge in [0.2, 0.25) is 65.0 Å². The number of amides is 11. The number of carboxylic acid groups (broad SMARTS) is 2. The van der Waals surface area contributed by atoms with Crippen molar-refractivity contribution < 1.29 is 87.9 Å². The van der Waals surface area contributed by atoms with Crippen molar-refractivity contribution in [2.45, 2.75) is 151 Å². The molecular weight excluding hydrogens is 1160 g/mol. The molecule has 1 aromatic carbocycles. The lowest BCUT2D eigenvalue weighted by Gasteiger charge is -2.28. The molecule has 0 saturated heterocycles. The van der Waals surface area contributed by atoms with Crippen molar-refractivity contribution >= 4 is 82.9 Å². The SMILES string of the molecule is CC(C)[C@H](NC(=O)[C@H](CCC(=O)O)NC(=O)[C@H](CO)NC(=O)[C@H](Cc1ccc(O)cc1)NC(=O)[C@H](CCCN=C(N)N)NC(=O)[C@H](CCC(N)=O)NC(=O)[C@H](Cc1cnc[nH]1)NC(=O)[C@H](CO)NC(=O)[C@H](CC(N)=O)NC(=O)[C@@H](N)CCCCN)C(=O)O. The van der Waals surface area contributed by atoms with Crippen LogP contribution in [0.25, 0.3) is 0 Å². The van der Waals surface area contributed by atoms with Crippen molar-refractivity contribution in [1.29, 1.82) is 0 Å². The Hall–Kier alpha value is -9.55. The number of benzene rings is 1. The maximum Gasteiger partial charge on any atom is 0.326 e. The standard InChI is InChI=1S/C52H82N18O18/c1-25(2)41(51(87)88)70-45(81)32(13-15-40(76)77)64-49(85)36(22-71)68-46(82)33(18-26-8-10-28(73)11-9-26)66-43(79)30(7-5-17-60-52(57)58)62-44(80)31(12-14-38(55)74)63-47(83)34(19-27-21-59-24-61-27)67-50(86)37(23-72)69-48(84)35(20-39(56)75)65-42(78)29(54)6-3-4-16-53/h8-11,21,24-25,29-37,41,71-73H,3-7,12-20,22-23,53-54H2,1-2H3,(H2,55,74)(H2,56,75)(H,59,61)(H,62,80)(H,63,83)(H,64,85)(H,65,78)(H,66,79)(H,67,86)(H,68,82)(H,69,84)(H,70,81)(H,76,77)(H,87,88)(H4,57,58,60)/t29-,30-,31-,32-,33-,34-,35-,36-,37-,41-/m0/s1. The Balaban J connectivity index is 2.56. The third-order valence-corrected chi connectivity index (χ3v) is 13.0. The lowest BCUT2D eigenvalue weighted by molar-refractivity contribution is -0.144. The van der Waals surface area contributed by atoms with Gasteiger partial charge in [-0.3, -0.25) is 62.5 Å². The molecule has 0 saturated carbocycles. The van der Waals surface area contributed by atoms with Gasteiger partial charge in [0.25, 0.3) is 0 Å². The minimum Gasteiger partial charge on any atom is -0.508 e. The molecular formula is C52H82N18O18. The highest BCUT2D eigenvalue weighted by molar-refractivity contribution is 5.99. The number of aliphatic hydroxyl groups excluding tert-OH is 2. The maximum atomic E-state index is 14.5. The van der Waals surface area contributed by atoms with Crippen molar-refractivity contribution in [3.63, 3.8) is 0 Å². The Labute approximate surface area is 504 Å². The summed E-state index contributed by atoms with van der Waals surface area (Å²) >= 11 is 0.